The summed E-state index contributed by atoms with van der Waals surface area (Å²) in [6.45, 7) is 17.3. The number of rotatable bonds is 2. The third kappa shape index (κ3) is 4.24. The van der Waals surface area contributed by atoms with Gasteiger partial charge in [0.15, 0.2) is 0 Å². The van der Waals surface area contributed by atoms with Gasteiger partial charge in [-0.15, -0.1) is 0 Å². The second-order valence-electron chi connectivity index (χ2n) is 10.1. The average Bonchev–Trinajstić information content (AvgIpc) is 2.65. The number of benzene rings is 3. The Labute approximate surface area is 176 Å². The number of hydrogen-bond acceptors (Lipinski definition) is 1. The lowest BCUT2D eigenvalue weighted by Gasteiger charge is -2.21. The van der Waals surface area contributed by atoms with Gasteiger partial charge >= 0.3 is 0 Å². The molecule has 0 aromatic heterocycles. The summed E-state index contributed by atoms with van der Waals surface area (Å²) >= 11 is 0. The Morgan fingerprint density at radius 2 is 0.897 bits per heavy atom. The molecule has 0 heterocycles. The van der Waals surface area contributed by atoms with Gasteiger partial charge in [-0.1, -0.05) is 90.1 Å². The van der Waals surface area contributed by atoms with E-state index in [0.717, 1.165) is 33.4 Å². The zero-order valence-corrected chi connectivity index (χ0v) is 19.1. The van der Waals surface area contributed by atoms with Crippen LogP contribution in [0.3, 0.4) is 0 Å². The number of hydrogen-bond donors (Lipinski definition) is 1. The Kier molecular flexibility index (Phi) is 5.38. The maximum Gasteiger partial charge on any atom is 0.122 e. The van der Waals surface area contributed by atoms with Gasteiger partial charge in [-0.25, -0.2) is 0 Å². The molecule has 29 heavy (non-hydrogen) atoms. The maximum atomic E-state index is 10.8. The fourth-order valence-electron chi connectivity index (χ4n) is 3.68. The highest BCUT2D eigenvalue weighted by Gasteiger charge is 2.18. The van der Waals surface area contributed by atoms with E-state index < -0.39 is 0 Å². The van der Waals surface area contributed by atoms with E-state index >= 15 is 0 Å². The van der Waals surface area contributed by atoms with E-state index in [1.54, 1.807) is 0 Å². The fourth-order valence-corrected chi connectivity index (χ4v) is 3.68. The van der Waals surface area contributed by atoms with Crippen LogP contribution in [0.15, 0.2) is 48.5 Å². The molecule has 1 N–H and O–H groups in total. The van der Waals surface area contributed by atoms with Crippen molar-refractivity contribution >= 4 is 0 Å². The van der Waals surface area contributed by atoms with Crippen molar-refractivity contribution < 1.29 is 5.11 Å². The van der Waals surface area contributed by atoms with Crippen molar-refractivity contribution in [1.82, 2.24) is 0 Å². The first-order chi connectivity index (χ1) is 13.4. The normalized spacial score (nSPS) is 12.3. The van der Waals surface area contributed by atoms with Crippen LogP contribution in [0.25, 0.3) is 22.3 Å². The van der Waals surface area contributed by atoms with E-state index in [1.165, 1.54) is 11.1 Å². The van der Waals surface area contributed by atoms with Gasteiger partial charge in [0.05, 0.1) is 0 Å². The molecule has 1 heteroatoms. The molecule has 1 nitrogen and oxygen atoms in total. The van der Waals surface area contributed by atoms with Crippen molar-refractivity contribution in [2.24, 2.45) is 0 Å². The van der Waals surface area contributed by atoms with Gasteiger partial charge in [0, 0.05) is 0 Å². The first-order valence-corrected chi connectivity index (χ1v) is 10.4. The lowest BCUT2D eigenvalue weighted by Crippen LogP contribution is -2.10. The fraction of sp³-hybridized carbons (Fsp3) is 0.357. The van der Waals surface area contributed by atoms with E-state index in [9.17, 15) is 5.11 Å². The third-order valence-corrected chi connectivity index (χ3v) is 5.79. The predicted molar refractivity (Wildman–Crippen MR) is 125 cm³/mol. The lowest BCUT2D eigenvalue weighted by atomic mass is 9.84. The van der Waals surface area contributed by atoms with Crippen LogP contribution in [-0.2, 0) is 10.8 Å². The molecular weight excluding hydrogens is 352 g/mol. The molecule has 0 saturated carbocycles. The number of aromatic hydroxyl groups is 1. The zero-order valence-electron chi connectivity index (χ0n) is 19.1. The summed E-state index contributed by atoms with van der Waals surface area (Å²) in [7, 11) is 0. The standard InChI is InChI=1S/C28H33O/c1-18-24(20-9-13-22(14-10-20)27(3,4)5)17-25(19(2)26(18)29)21-11-15-23(16-12-21)28(6,7)8/h9-16,29H,1-8H3. The quantitative estimate of drug-likeness (QED) is 0.478. The molecule has 3 aromatic rings. The zero-order chi connectivity index (χ0) is 21.6. The van der Waals surface area contributed by atoms with Crippen LogP contribution in [0.1, 0.15) is 63.8 Å². The maximum absolute atomic E-state index is 10.8. The van der Waals surface area contributed by atoms with Crippen molar-refractivity contribution in [2.75, 3.05) is 0 Å². The molecular formula is C28H33O. The molecule has 0 atom stereocenters. The van der Waals surface area contributed by atoms with Crippen molar-refractivity contribution in [3.8, 4) is 28.0 Å². The van der Waals surface area contributed by atoms with Gasteiger partial charge in [0.2, 0.25) is 0 Å². The smallest absolute Gasteiger partial charge is 0.122 e. The minimum absolute atomic E-state index is 0.118. The van der Waals surface area contributed by atoms with Gasteiger partial charge in [0.1, 0.15) is 5.75 Å². The van der Waals surface area contributed by atoms with E-state index in [0.29, 0.717) is 5.75 Å². The molecule has 1 radical (unpaired) electrons. The van der Waals surface area contributed by atoms with Crippen molar-refractivity contribution in [3.05, 3.63) is 76.9 Å². The summed E-state index contributed by atoms with van der Waals surface area (Å²) < 4.78 is 0. The van der Waals surface area contributed by atoms with E-state index in [4.69, 9.17) is 0 Å². The molecule has 0 unspecified atom stereocenters. The van der Waals surface area contributed by atoms with Crippen LogP contribution in [0.5, 0.6) is 5.75 Å². The first kappa shape index (κ1) is 21.2. The minimum atomic E-state index is 0.118. The Morgan fingerprint density at radius 1 is 0.586 bits per heavy atom. The van der Waals surface area contributed by atoms with Gasteiger partial charge in [-0.3, -0.25) is 0 Å². The van der Waals surface area contributed by atoms with Crippen LogP contribution in [-0.4, -0.2) is 5.11 Å². The molecule has 0 aliphatic carbocycles. The predicted octanol–water partition coefficient (Wildman–Crippen LogP) is 7.74. The summed E-state index contributed by atoms with van der Waals surface area (Å²) in [5.74, 6) is 0.355. The van der Waals surface area contributed by atoms with Crippen LogP contribution in [0.2, 0.25) is 0 Å². The van der Waals surface area contributed by atoms with Gasteiger partial charge in [-0.2, -0.15) is 0 Å². The van der Waals surface area contributed by atoms with Crippen LogP contribution >= 0.6 is 0 Å². The molecule has 0 spiro atoms. The topological polar surface area (TPSA) is 20.2 Å². The first-order valence-electron chi connectivity index (χ1n) is 10.4. The second kappa shape index (κ2) is 7.37. The Balaban J connectivity index is 2.10. The number of phenols is 1. The lowest BCUT2D eigenvalue weighted by molar-refractivity contribution is 0.467. The van der Waals surface area contributed by atoms with Crippen molar-refractivity contribution in [3.63, 3.8) is 0 Å². The van der Waals surface area contributed by atoms with Gasteiger partial charge in [-0.05, 0) is 75.3 Å². The second-order valence-corrected chi connectivity index (χ2v) is 10.1. The summed E-state index contributed by atoms with van der Waals surface area (Å²) in [6, 6.07) is 20.9. The molecule has 0 aliphatic heterocycles. The summed E-state index contributed by atoms with van der Waals surface area (Å²) in [5, 5.41) is 10.8. The molecule has 3 aromatic carbocycles. The summed E-state index contributed by atoms with van der Waals surface area (Å²) in [4.78, 5) is 0. The van der Waals surface area contributed by atoms with Gasteiger partial charge < -0.3 is 5.11 Å². The highest BCUT2D eigenvalue weighted by molar-refractivity contribution is 5.80. The Bertz CT molecular complexity index is 927. The molecule has 3 rings (SSSR count). The molecule has 0 aliphatic rings. The molecule has 0 saturated heterocycles. The molecule has 0 fully saturated rings. The van der Waals surface area contributed by atoms with E-state index in [1.807, 2.05) is 13.8 Å². The minimum Gasteiger partial charge on any atom is -0.507 e. The largest absolute Gasteiger partial charge is 0.507 e. The van der Waals surface area contributed by atoms with E-state index in [2.05, 4.69) is 96.1 Å². The monoisotopic (exact) mass is 385 g/mol. The SMILES string of the molecule is Cc1c(-c2ccc(C(C)(C)C)cc2)[c]c(-c2ccc(C(C)(C)C)cc2)c(C)c1O. The van der Waals surface area contributed by atoms with Gasteiger partial charge in [0.25, 0.3) is 0 Å². The van der Waals surface area contributed by atoms with Crippen LogP contribution in [0.4, 0.5) is 0 Å². The Morgan fingerprint density at radius 3 is 1.17 bits per heavy atom. The third-order valence-electron chi connectivity index (χ3n) is 5.79. The highest BCUT2D eigenvalue weighted by atomic mass is 16.3. The molecule has 0 bridgehead atoms. The van der Waals surface area contributed by atoms with E-state index in [-0.39, 0.29) is 10.8 Å². The van der Waals surface area contributed by atoms with Crippen molar-refractivity contribution in [2.45, 2.75) is 66.2 Å². The summed E-state index contributed by atoms with van der Waals surface area (Å²) in [5.41, 5.74) is 8.67. The van der Waals surface area contributed by atoms with Crippen molar-refractivity contribution in [1.29, 1.82) is 0 Å². The average molecular weight is 386 g/mol. The molecule has 151 valence electrons. The summed E-state index contributed by atoms with van der Waals surface area (Å²) in [6.07, 6.45) is 0. The number of phenolic OH excluding ortho intramolecular Hbond substituents is 1. The Hall–Kier alpha value is -2.54. The van der Waals surface area contributed by atoms with Crippen LogP contribution in [0, 0.1) is 19.9 Å². The highest BCUT2D eigenvalue weighted by Crippen LogP contribution is 2.39. The molecule has 0 amide bonds. The van der Waals surface area contributed by atoms with Crippen LogP contribution < -0.4 is 0 Å².